The van der Waals surface area contributed by atoms with Crippen LogP contribution in [0.3, 0.4) is 0 Å². The zero-order valence-corrected chi connectivity index (χ0v) is 8.48. The standard InChI is InChI=1S/2C2H5NO.Ta/c2*1-2(3)4;/h2*1H3,(H2,3,4);/q;;+2/p-2. The van der Waals surface area contributed by atoms with Gasteiger partial charge in [-0.3, -0.25) is 0 Å². The van der Waals surface area contributed by atoms with Crippen molar-refractivity contribution in [1.29, 1.82) is 0 Å². The second-order valence-electron chi connectivity index (χ2n) is 1.45. The van der Waals surface area contributed by atoms with Gasteiger partial charge in [-0.05, 0) is 0 Å². The normalized spacial score (nSPS) is 7.78. The van der Waals surface area contributed by atoms with Crippen LogP contribution in [0.4, 0.5) is 0 Å². The number of rotatable bonds is 2. The van der Waals surface area contributed by atoms with Crippen LogP contribution in [0.2, 0.25) is 0 Å². The molecule has 9 heavy (non-hydrogen) atoms. The second-order valence-corrected chi connectivity index (χ2v) is 3.86. The van der Waals surface area contributed by atoms with Crippen molar-refractivity contribution in [3.63, 3.8) is 0 Å². The molecule has 5 heteroatoms. The van der Waals surface area contributed by atoms with E-state index in [1.54, 1.807) is 0 Å². The van der Waals surface area contributed by atoms with Gasteiger partial charge in [0.2, 0.25) is 0 Å². The Morgan fingerprint density at radius 3 is 1.67 bits per heavy atom. The number of carbonyl (C=O) groups excluding carboxylic acids is 2. The van der Waals surface area contributed by atoms with Gasteiger partial charge in [-0.1, -0.05) is 0 Å². The molecule has 0 aliphatic rings. The van der Waals surface area contributed by atoms with Gasteiger partial charge in [-0.2, -0.15) is 0 Å². The first-order valence-electron chi connectivity index (χ1n) is 2.36. The van der Waals surface area contributed by atoms with Gasteiger partial charge in [0.25, 0.3) is 0 Å². The third-order valence-corrected chi connectivity index (χ3v) is 3.49. The monoisotopic (exact) mass is 297 g/mol. The van der Waals surface area contributed by atoms with E-state index in [0.717, 1.165) is 0 Å². The second kappa shape index (κ2) is 4.55. The summed E-state index contributed by atoms with van der Waals surface area (Å²) < 4.78 is 5.17. The summed E-state index contributed by atoms with van der Waals surface area (Å²) in [4.78, 5) is 20.4. The summed E-state index contributed by atoms with van der Waals surface area (Å²) in [6.07, 6.45) is 0. The van der Waals surface area contributed by atoms with Gasteiger partial charge in [0.15, 0.2) is 0 Å². The van der Waals surface area contributed by atoms with Crippen LogP contribution in [0.25, 0.3) is 0 Å². The fourth-order valence-corrected chi connectivity index (χ4v) is 1.52. The van der Waals surface area contributed by atoms with E-state index in [2.05, 4.69) is 7.44 Å². The summed E-state index contributed by atoms with van der Waals surface area (Å²) in [5.74, 6) is -0.138. The summed E-state index contributed by atoms with van der Waals surface area (Å²) in [6, 6.07) is 0. The molecule has 0 radical (unpaired) electrons. The maximum absolute atomic E-state index is 10.2. The quantitative estimate of drug-likeness (QED) is 0.699. The fraction of sp³-hybridized carbons (Fsp3) is 0.500. The molecule has 0 aromatic heterocycles. The minimum atomic E-state index is -1.21. The molecule has 0 bridgehead atoms. The van der Waals surface area contributed by atoms with Crippen molar-refractivity contribution < 1.29 is 29.9 Å². The van der Waals surface area contributed by atoms with E-state index in [1.165, 1.54) is 13.8 Å². The summed E-state index contributed by atoms with van der Waals surface area (Å²) in [5, 5.41) is 0. The first kappa shape index (κ1) is 8.68. The van der Waals surface area contributed by atoms with Crippen LogP contribution in [-0.2, 0) is 29.9 Å². The van der Waals surface area contributed by atoms with Crippen LogP contribution in [0.1, 0.15) is 13.8 Å². The Morgan fingerprint density at radius 1 is 1.11 bits per heavy atom. The molecule has 0 aromatic carbocycles. The van der Waals surface area contributed by atoms with Gasteiger partial charge < -0.3 is 0 Å². The fourth-order valence-electron chi connectivity index (χ4n) is 0.185. The van der Waals surface area contributed by atoms with E-state index in [9.17, 15) is 9.59 Å². The molecule has 4 nitrogen and oxygen atoms in total. The van der Waals surface area contributed by atoms with E-state index in [-0.39, 0.29) is 11.8 Å². The van der Waals surface area contributed by atoms with Crippen molar-refractivity contribution in [1.82, 2.24) is 7.44 Å². The molecule has 0 spiro atoms. The third kappa shape index (κ3) is 7.68. The molecule has 2 N–H and O–H groups in total. The molecule has 0 rings (SSSR count). The number of amides is 2. The number of hydrogen-bond acceptors (Lipinski definition) is 2. The first-order valence-corrected chi connectivity index (χ1v) is 5.57. The van der Waals surface area contributed by atoms with Crippen molar-refractivity contribution in [2.45, 2.75) is 13.8 Å². The van der Waals surface area contributed by atoms with E-state index in [4.69, 9.17) is 0 Å². The van der Waals surface area contributed by atoms with E-state index in [1.807, 2.05) is 0 Å². The van der Waals surface area contributed by atoms with Crippen LogP contribution < -0.4 is 7.44 Å². The predicted molar refractivity (Wildman–Crippen MR) is 27.6 cm³/mol. The van der Waals surface area contributed by atoms with Crippen LogP contribution in [0.15, 0.2) is 0 Å². The Balaban J connectivity index is 3.10. The molecule has 0 saturated heterocycles. The molecule has 0 fully saturated rings. The molecule has 0 atom stereocenters. The van der Waals surface area contributed by atoms with Gasteiger partial charge in [0, 0.05) is 0 Å². The Kier molecular flexibility index (Phi) is 4.39. The predicted octanol–water partition coefficient (Wildman–Crippen LogP) is -0.829. The zero-order chi connectivity index (χ0) is 7.28. The molecule has 0 aromatic rings. The maximum atomic E-state index is 10.2. The summed E-state index contributed by atoms with van der Waals surface area (Å²) in [5.41, 5.74) is 0. The Labute approximate surface area is 63.3 Å². The Bertz CT molecular complexity index is 112. The van der Waals surface area contributed by atoms with Gasteiger partial charge in [-0.15, -0.1) is 0 Å². The Hall–Kier alpha value is -0.320. The van der Waals surface area contributed by atoms with Crippen molar-refractivity contribution in [3.05, 3.63) is 0 Å². The van der Waals surface area contributed by atoms with Crippen LogP contribution in [0, 0.1) is 0 Å². The van der Waals surface area contributed by atoms with Crippen molar-refractivity contribution in [2.24, 2.45) is 0 Å². The molecule has 0 saturated carbocycles. The van der Waals surface area contributed by atoms with Crippen molar-refractivity contribution in [3.8, 4) is 0 Å². The topological polar surface area (TPSA) is 58.2 Å². The molecular weight excluding hydrogens is 289 g/mol. The minimum absolute atomic E-state index is 0.0691. The average molecular weight is 297 g/mol. The summed E-state index contributed by atoms with van der Waals surface area (Å²) >= 11 is -1.21. The number of hydrogen-bond donors (Lipinski definition) is 2. The summed E-state index contributed by atoms with van der Waals surface area (Å²) in [6.45, 7) is 2.87. The number of carbonyl (C=O) groups is 2. The molecule has 0 aliphatic carbocycles. The SMILES string of the molecule is CC(=O)[NH][Ta][NH]C(C)=O. The van der Waals surface area contributed by atoms with Crippen LogP contribution >= 0.6 is 0 Å². The molecule has 0 unspecified atom stereocenters. The average Bonchev–Trinajstić information content (AvgIpc) is 1.63. The summed E-state index contributed by atoms with van der Waals surface area (Å²) in [7, 11) is 0. The van der Waals surface area contributed by atoms with Gasteiger partial charge in [-0.25, -0.2) is 0 Å². The van der Waals surface area contributed by atoms with Crippen LogP contribution in [0.5, 0.6) is 0 Å². The van der Waals surface area contributed by atoms with Crippen molar-refractivity contribution in [2.75, 3.05) is 0 Å². The molecule has 0 aliphatic heterocycles. The number of nitrogens with one attached hydrogen (secondary N) is 2. The van der Waals surface area contributed by atoms with Crippen molar-refractivity contribution >= 4 is 11.8 Å². The molecular formula is C4H8N2O2Ta. The Morgan fingerprint density at radius 2 is 1.44 bits per heavy atom. The van der Waals surface area contributed by atoms with E-state index in [0.29, 0.717) is 0 Å². The van der Waals surface area contributed by atoms with Gasteiger partial charge in [0.05, 0.1) is 0 Å². The third-order valence-electron chi connectivity index (χ3n) is 0.427. The zero-order valence-electron chi connectivity index (χ0n) is 5.26. The van der Waals surface area contributed by atoms with E-state index < -0.39 is 20.3 Å². The van der Waals surface area contributed by atoms with Crippen LogP contribution in [-0.4, -0.2) is 11.8 Å². The van der Waals surface area contributed by atoms with Gasteiger partial charge in [0.1, 0.15) is 0 Å². The van der Waals surface area contributed by atoms with Gasteiger partial charge >= 0.3 is 63.0 Å². The molecule has 0 heterocycles. The van der Waals surface area contributed by atoms with E-state index >= 15 is 0 Å². The first-order chi connectivity index (χ1) is 4.13. The molecule has 2 amide bonds. The molecule has 51 valence electrons.